The summed E-state index contributed by atoms with van der Waals surface area (Å²) in [5.41, 5.74) is 6.91. The molecule has 2 rings (SSSR count). The first-order chi connectivity index (χ1) is 6.31. The normalized spacial score (nSPS) is 28.2. The summed E-state index contributed by atoms with van der Waals surface area (Å²) in [6.45, 7) is 2.90. The van der Waals surface area contributed by atoms with E-state index in [4.69, 9.17) is 5.73 Å². The van der Waals surface area contributed by atoms with Gasteiger partial charge in [0.1, 0.15) is 0 Å². The van der Waals surface area contributed by atoms with Gasteiger partial charge in [0.25, 0.3) is 0 Å². The third kappa shape index (κ3) is 1.76. The van der Waals surface area contributed by atoms with Gasteiger partial charge in [-0.2, -0.15) is 4.37 Å². The van der Waals surface area contributed by atoms with Gasteiger partial charge in [-0.15, -0.1) is 0 Å². The largest absolute Gasteiger partial charge is 0.330 e. The molecular formula is C10H16N2S. The van der Waals surface area contributed by atoms with Gasteiger partial charge < -0.3 is 5.73 Å². The topological polar surface area (TPSA) is 38.9 Å². The van der Waals surface area contributed by atoms with Crippen LogP contribution in [0.5, 0.6) is 0 Å². The minimum Gasteiger partial charge on any atom is -0.330 e. The van der Waals surface area contributed by atoms with Crippen molar-refractivity contribution in [3.8, 4) is 0 Å². The van der Waals surface area contributed by atoms with Gasteiger partial charge in [0.05, 0.1) is 5.69 Å². The standard InChI is InChI=1S/C10H16N2S/c1-7-5-10(13-12-7)9-4-2-3-8(9)6-11/h5,8-9H,2-4,6,11H2,1H3. The van der Waals surface area contributed by atoms with Gasteiger partial charge in [-0.05, 0) is 55.7 Å². The van der Waals surface area contributed by atoms with Crippen LogP contribution in [-0.2, 0) is 0 Å². The maximum absolute atomic E-state index is 5.75. The fraction of sp³-hybridized carbons (Fsp3) is 0.700. The van der Waals surface area contributed by atoms with Crippen molar-refractivity contribution >= 4 is 11.5 Å². The highest BCUT2D eigenvalue weighted by molar-refractivity contribution is 7.05. The summed E-state index contributed by atoms with van der Waals surface area (Å²) in [5, 5.41) is 0. The lowest BCUT2D eigenvalue weighted by atomic mass is 9.94. The molecule has 0 bridgehead atoms. The molecule has 0 spiro atoms. The molecule has 1 aromatic heterocycles. The lowest BCUT2D eigenvalue weighted by molar-refractivity contribution is 0.501. The Morgan fingerprint density at radius 2 is 2.46 bits per heavy atom. The molecule has 0 aliphatic heterocycles. The van der Waals surface area contributed by atoms with Crippen LogP contribution in [0.15, 0.2) is 6.07 Å². The van der Waals surface area contributed by atoms with E-state index in [0.29, 0.717) is 11.8 Å². The minimum atomic E-state index is 0.705. The fourth-order valence-electron chi connectivity index (χ4n) is 2.25. The van der Waals surface area contributed by atoms with Crippen molar-refractivity contribution in [2.24, 2.45) is 11.7 Å². The monoisotopic (exact) mass is 196 g/mol. The lowest BCUT2D eigenvalue weighted by Crippen LogP contribution is -2.16. The Balaban J connectivity index is 2.15. The van der Waals surface area contributed by atoms with Crippen molar-refractivity contribution in [3.63, 3.8) is 0 Å². The second-order valence-electron chi connectivity index (χ2n) is 3.90. The average Bonchev–Trinajstić information content (AvgIpc) is 2.71. The number of hydrogen-bond donors (Lipinski definition) is 1. The van der Waals surface area contributed by atoms with Crippen molar-refractivity contribution in [3.05, 3.63) is 16.6 Å². The van der Waals surface area contributed by atoms with E-state index in [-0.39, 0.29) is 0 Å². The Morgan fingerprint density at radius 3 is 3.08 bits per heavy atom. The molecule has 2 atom stereocenters. The van der Waals surface area contributed by atoms with Gasteiger partial charge in [0, 0.05) is 4.88 Å². The maximum Gasteiger partial charge on any atom is 0.0514 e. The third-order valence-electron chi connectivity index (χ3n) is 2.97. The van der Waals surface area contributed by atoms with Gasteiger partial charge in [-0.3, -0.25) is 0 Å². The molecule has 1 heterocycles. The summed E-state index contributed by atoms with van der Waals surface area (Å²) in [7, 11) is 0. The molecule has 0 radical (unpaired) electrons. The number of rotatable bonds is 2. The van der Waals surface area contributed by atoms with E-state index >= 15 is 0 Å². The van der Waals surface area contributed by atoms with Crippen LogP contribution in [-0.4, -0.2) is 10.9 Å². The number of aryl methyl sites for hydroxylation is 1. The molecule has 1 aliphatic carbocycles. The summed E-state index contributed by atoms with van der Waals surface area (Å²) in [5.74, 6) is 1.41. The molecule has 1 fully saturated rings. The molecule has 13 heavy (non-hydrogen) atoms. The van der Waals surface area contributed by atoms with Gasteiger partial charge in [-0.1, -0.05) is 6.42 Å². The summed E-state index contributed by atoms with van der Waals surface area (Å²) < 4.78 is 4.33. The quantitative estimate of drug-likeness (QED) is 0.788. The third-order valence-corrected chi connectivity index (χ3v) is 3.98. The Kier molecular flexibility index (Phi) is 2.65. The second-order valence-corrected chi connectivity index (χ2v) is 4.74. The first-order valence-electron chi connectivity index (χ1n) is 4.94. The second kappa shape index (κ2) is 3.76. The molecule has 1 aromatic rings. The Bertz CT molecular complexity index is 282. The molecule has 1 saturated carbocycles. The highest BCUT2D eigenvalue weighted by Gasteiger charge is 2.28. The van der Waals surface area contributed by atoms with Gasteiger partial charge in [0.15, 0.2) is 0 Å². The predicted octanol–water partition coefficient (Wildman–Crippen LogP) is 2.29. The molecule has 2 nitrogen and oxygen atoms in total. The zero-order valence-corrected chi connectivity index (χ0v) is 8.81. The summed E-state index contributed by atoms with van der Waals surface area (Å²) in [6, 6.07) is 2.23. The van der Waals surface area contributed by atoms with E-state index in [1.54, 1.807) is 11.5 Å². The van der Waals surface area contributed by atoms with Crippen LogP contribution in [0.1, 0.15) is 35.8 Å². The van der Waals surface area contributed by atoms with Crippen LogP contribution in [0.4, 0.5) is 0 Å². The van der Waals surface area contributed by atoms with E-state index in [1.807, 2.05) is 0 Å². The van der Waals surface area contributed by atoms with Crippen LogP contribution in [0, 0.1) is 12.8 Å². The van der Waals surface area contributed by atoms with Gasteiger partial charge in [0.2, 0.25) is 0 Å². The van der Waals surface area contributed by atoms with E-state index in [0.717, 1.165) is 12.2 Å². The fourth-order valence-corrected chi connectivity index (χ4v) is 3.22. The first-order valence-corrected chi connectivity index (χ1v) is 5.72. The molecule has 1 aliphatic rings. The summed E-state index contributed by atoms with van der Waals surface area (Å²) in [4.78, 5) is 1.45. The van der Waals surface area contributed by atoms with E-state index < -0.39 is 0 Å². The molecule has 3 heteroatoms. The Hall–Kier alpha value is -0.410. The average molecular weight is 196 g/mol. The van der Waals surface area contributed by atoms with E-state index in [9.17, 15) is 0 Å². The van der Waals surface area contributed by atoms with Crippen LogP contribution in [0.2, 0.25) is 0 Å². The highest BCUT2D eigenvalue weighted by atomic mass is 32.1. The van der Waals surface area contributed by atoms with Crippen molar-refractivity contribution in [2.75, 3.05) is 6.54 Å². The van der Waals surface area contributed by atoms with Crippen LogP contribution >= 0.6 is 11.5 Å². The molecule has 0 aromatic carbocycles. The smallest absolute Gasteiger partial charge is 0.0514 e. The number of nitrogens with zero attached hydrogens (tertiary/aromatic N) is 1. The molecule has 0 amide bonds. The zero-order valence-electron chi connectivity index (χ0n) is 7.99. The molecular weight excluding hydrogens is 180 g/mol. The number of aromatic nitrogens is 1. The van der Waals surface area contributed by atoms with Crippen molar-refractivity contribution in [1.82, 2.24) is 4.37 Å². The highest BCUT2D eigenvalue weighted by Crippen LogP contribution is 2.40. The summed E-state index contributed by atoms with van der Waals surface area (Å²) >= 11 is 1.66. The predicted molar refractivity (Wildman–Crippen MR) is 56.0 cm³/mol. The van der Waals surface area contributed by atoms with Crippen LogP contribution < -0.4 is 5.73 Å². The Morgan fingerprint density at radius 1 is 1.62 bits per heavy atom. The number of hydrogen-bond acceptors (Lipinski definition) is 3. The molecule has 0 saturated heterocycles. The van der Waals surface area contributed by atoms with Crippen molar-refractivity contribution < 1.29 is 0 Å². The zero-order chi connectivity index (χ0) is 9.26. The molecule has 72 valence electrons. The minimum absolute atomic E-state index is 0.705. The van der Waals surface area contributed by atoms with E-state index in [2.05, 4.69) is 17.4 Å². The maximum atomic E-state index is 5.75. The summed E-state index contributed by atoms with van der Waals surface area (Å²) in [6.07, 6.45) is 3.95. The van der Waals surface area contributed by atoms with E-state index in [1.165, 1.54) is 24.1 Å². The molecule has 2 N–H and O–H groups in total. The van der Waals surface area contributed by atoms with Crippen LogP contribution in [0.25, 0.3) is 0 Å². The van der Waals surface area contributed by atoms with Crippen molar-refractivity contribution in [2.45, 2.75) is 32.1 Å². The van der Waals surface area contributed by atoms with Crippen molar-refractivity contribution in [1.29, 1.82) is 0 Å². The molecule has 2 unspecified atom stereocenters. The lowest BCUT2D eigenvalue weighted by Gasteiger charge is -2.14. The van der Waals surface area contributed by atoms with Gasteiger partial charge in [-0.25, -0.2) is 0 Å². The first kappa shape index (κ1) is 9.16. The van der Waals surface area contributed by atoms with Gasteiger partial charge >= 0.3 is 0 Å². The number of nitrogens with two attached hydrogens (primary N) is 1. The SMILES string of the molecule is Cc1cc(C2CCCC2CN)sn1. The Labute approximate surface area is 83.3 Å². The van der Waals surface area contributed by atoms with Crippen LogP contribution in [0.3, 0.4) is 0 Å².